The van der Waals surface area contributed by atoms with Crippen LogP contribution in [0.4, 0.5) is 26.3 Å². The van der Waals surface area contributed by atoms with E-state index in [9.17, 15) is 39.0 Å². The first kappa shape index (κ1) is 17.5. The lowest BCUT2D eigenvalue weighted by Gasteiger charge is -2.16. The van der Waals surface area contributed by atoms with E-state index in [1.807, 2.05) is 0 Å². The van der Waals surface area contributed by atoms with Crippen LogP contribution in [0.2, 0.25) is 0 Å². The van der Waals surface area contributed by atoms with Crippen LogP contribution >= 0.6 is 0 Å². The Balaban J connectivity index is 5.83. The van der Waals surface area contributed by atoms with Gasteiger partial charge >= 0.3 is 21.1 Å². The molecule has 0 radical (unpaired) electrons. The fraction of sp³-hybridized carbons (Fsp3) is 0.833. The predicted molar refractivity (Wildman–Crippen MR) is 51.2 cm³/mol. The van der Waals surface area contributed by atoms with Gasteiger partial charge in [-0.25, -0.2) is 4.21 Å². The number of alkyl halides is 6. The molecule has 0 aromatic carbocycles. The molecule has 110 valence electrons. The Kier molecular flexibility index (Phi) is 4.75. The highest BCUT2D eigenvalue weighted by Gasteiger charge is 2.54. The molecule has 0 aromatic heterocycles. The monoisotopic (exact) mass is 322 g/mol. The van der Waals surface area contributed by atoms with Crippen LogP contribution in [-0.2, 0) is 23.6 Å². The summed E-state index contributed by atoms with van der Waals surface area (Å²) in [5.74, 6) is -1.11. The normalized spacial score (nSPS) is 17.6. The van der Waals surface area contributed by atoms with Gasteiger partial charge in [-0.2, -0.15) is 38.4 Å². The van der Waals surface area contributed by atoms with Gasteiger partial charge in [-0.3, -0.25) is 0 Å². The van der Waals surface area contributed by atoms with Gasteiger partial charge in [0.25, 0.3) is 0 Å². The largest absolute Gasteiger partial charge is 0.524 e. The van der Waals surface area contributed by atoms with Gasteiger partial charge in [-0.1, -0.05) is 13.8 Å². The number of rotatable bonds is 3. The summed E-state index contributed by atoms with van der Waals surface area (Å²) >= 11 is 0. The second-order valence-corrected chi connectivity index (χ2v) is 7.08. The molecule has 1 atom stereocenters. The smallest absolute Gasteiger partial charge is 0.230 e. The zero-order valence-electron chi connectivity index (χ0n) is 8.87. The van der Waals surface area contributed by atoms with Gasteiger partial charge in [0, 0.05) is 5.37 Å². The van der Waals surface area contributed by atoms with E-state index in [1.165, 1.54) is 0 Å². The van der Waals surface area contributed by atoms with Crippen molar-refractivity contribution >= 4 is 25.3 Å². The first-order chi connectivity index (χ1) is 7.62. The third kappa shape index (κ3) is 4.02. The van der Waals surface area contributed by atoms with E-state index in [1.54, 1.807) is 0 Å². The molecule has 0 saturated heterocycles. The van der Waals surface area contributed by atoms with E-state index >= 15 is 0 Å². The van der Waals surface area contributed by atoms with Crippen LogP contribution in [-0.4, -0.2) is 29.0 Å². The van der Waals surface area contributed by atoms with Crippen LogP contribution < -0.4 is 0 Å². The Hall–Kier alpha value is -0.490. The molecule has 0 aliphatic heterocycles. The van der Waals surface area contributed by atoms with E-state index in [2.05, 4.69) is 3.63 Å². The van der Waals surface area contributed by atoms with Crippen LogP contribution in [0, 0.1) is 5.92 Å². The molecular weight excluding hydrogens is 314 g/mol. The van der Waals surface area contributed by atoms with E-state index in [-0.39, 0.29) is 5.37 Å². The molecule has 0 aliphatic rings. The van der Waals surface area contributed by atoms with E-state index in [0.29, 0.717) is 0 Å². The molecule has 18 heavy (non-hydrogen) atoms. The first-order valence-electron chi connectivity index (χ1n) is 4.10. The fourth-order valence-electron chi connectivity index (χ4n) is 0.668. The lowest BCUT2D eigenvalue weighted by molar-refractivity contribution is -0.0555. The summed E-state index contributed by atoms with van der Waals surface area (Å²) < 4.78 is 108. The molecule has 0 amide bonds. The molecule has 4 nitrogen and oxygen atoms in total. The van der Waals surface area contributed by atoms with Crippen molar-refractivity contribution in [3.05, 3.63) is 0 Å². The van der Waals surface area contributed by atoms with Crippen molar-refractivity contribution in [3.63, 3.8) is 0 Å². The summed E-state index contributed by atoms with van der Waals surface area (Å²) in [6, 6.07) is 0. The maximum atomic E-state index is 12.3. The second-order valence-electron chi connectivity index (χ2n) is 3.34. The quantitative estimate of drug-likeness (QED) is 0.453. The van der Waals surface area contributed by atoms with Gasteiger partial charge in [-0.05, 0) is 5.92 Å². The number of hydrogen-bond donors (Lipinski definition) is 0. The SMILES string of the molecule is CC(C)C=S(=O)(OS(=O)(=O)C(F)(F)F)C(F)(F)F. The molecule has 0 fully saturated rings. The summed E-state index contributed by atoms with van der Waals surface area (Å²) in [4.78, 5) is 0. The zero-order valence-corrected chi connectivity index (χ0v) is 10.5. The number of hydrogen-bond acceptors (Lipinski definition) is 4. The van der Waals surface area contributed by atoms with Gasteiger partial charge < -0.3 is 0 Å². The highest BCUT2D eigenvalue weighted by atomic mass is 32.3. The average Bonchev–Trinajstić information content (AvgIpc) is 1.95. The highest BCUT2D eigenvalue weighted by Crippen LogP contribution is 2.33. The maximum absolute atomic E-state index is 12.3. The van der Waals surface area contributed by atoms with Gasteiger partial charge in [0.2, 0.25) is 0 Å². The van der Waals surface area contributed by atoms with Crippen molar-refractivity contribution in [2.24, 2.45) is 5.92 Å². The Bertz CT molecular complexity index is 505. The standard InChI is InChI=1S/C6H8F6O4S2/c1-4(2)3-17(13,5(7,8)9)16-18(14,15)6(10,11)12/h3-4H,1-2H3. The van der Waals surface area contributed by atoms with E-state index in [0.717, 1.165) is 13.8 Å². The van der Waals surface area contributed by atoms with Crippen LogP contribution in [0.1, 0.15) is 13.8 Å². The Morgan fingerprint density at radius 3 is 1.56 bits per heavy atom. The first-order valence-corrected chi connectivity index (χ1v) is 7.05. The fourth-order valence-corrected chi connectivity index (χ4v) is 3.40. The molecule has 0 rings (SSSR count). The van der Waals surface area contributed by atoms with E-state index in [4.69, 9.17) is 0 Å². The Labute approximate surface area is 99.3 Å². The minimum Gasteiger partial charge on any atom is -0.230 e. The van der Waals surface area contributed by atoms with Gasteiger partial charge in [0.1, 0.15) is 0 Å². The molecule has 0 spiro atoms. The summed E-state index contributed by atoms with van der Waals surface area (Å²) in [6.45, 7) is 2.13. The van der Waals surface area contributed by atoms with Crippen molar-refractivity contribution in [2.75, 3.05) is 0 Å². The summed E-state index contributed by atoms with van der Waals surface area (Å²) in [7, 11) is -12.4. The van der Waals surface area contributed by atoms with Crippen molar-refractivity contribution in [1.29, 1.82) is 0 Å². The molecule has 0 N–H and O–H groups in total. The summed E-state index contributed by atoms with van der Waals surface area (Å²) in [5, 5.41) is -0.129. The third-order valence-electron chi connectivity index (χ3n) is 1.25. The maximum Gasteiger partial charge on any atom is 0.524 e. The molecule has 0 aliphatic carbocycles. The van der Waals surface area contributed by atoms with Crippen LogP contribution in [0.3, 0.4) is 0 Å². The van der Waals surface area contributed by atoms with Gasteiger partial charge in [0.05, 0.1) is 0 Å². The summed E-state index contributed by atoms with van der Waals surface area (Å²) in [5.41, 5.74) is -11.9. The molecule has 0 bridgehead atoms. The molecule has 12 heteroatoms. The zero-order chi connectivity index (χ0) is 15.0. The molecule has 0 saturated carbocycles. The van der Waals surface area contributed by atoms with Gasteiger partial charge in [0.15, 0.2) is 9.80 Å². The van der Waals surface area contributed by atoms with Crippen molar-refractivity contribution < 1.29 is 42.6 Å². The van der Waals surface area contributed by atoms with Crippen molar-refractivity contribution in [1.82, 2.24) is 0 Å². The van der Waals surface area contributed by atoms with Crippen LogP contribution in [0.15, 0.2) is 0 Å². The predicted octanol–water partition coefficient (Wildman–Crippen LogP) is 2.03. The molecular formula is C6H8F6O4S2. The number of halogens is 6. The minimum absolute atomic E-state index is 0.129. The van der Waals surface area contributed by atoms with Crippen molar-refractivity contribution in [2.45, 2.75) is 24.9 Å². The lowest BCUT2D eigenvalue weighted by Crippen LogP contribution is -2.36. The molecule has 1 unspecified atom stereocenters. The Morgan fingerprint density at radius 2 is 1.33 bits per heavy atom. The molecule has 0 heterocycles. The topological polar surface area (TPSA) is 60.4 Å². The van der Waals surface area contributed by atoms with Crippen LogP contribution in [0.5, 0.6) is 0 Å². The average molecular weight is 322 g/mol. The molecule has 0 aromatic rings. The Morgan fingerprint density at radius 1 is 0.944 bits per heavy atom. The third-order valence-corrected chi connectivity index (χ3v) is 4.89. The second kappa shape index (κ2) is 4.89. The summed E-state index contributed by atoms with van der Waals surface area (Å²) in [6.07, 6.45) is 0. The van der Waals surface area contributed by atoms with Gasteiger partial charge in [-0.15, -0.1) is 0 Å². The highest BCUT2D eigenvalue weighted by molar-refractivity contribution is 8.06. The van der Waals surface area contributed by atoms with E-state index < -0.39 is 36.9 Å². The van der Waals surface area contributed by atoms with Crippen LogP contribution in [0.25, 0.3) is 0 Å². The minimum atomic E-state index is -6.61. The van der Waals surface area contributed by atoms with Crippen molar-refractivity contribution in [3.8, 4) is 0 Å². The lowest BCUT2D eigenvalue weighted by atomic mass is 10.3.